The van der Waals surface area contributed by atoms with E-state index in [1.807, 2.05) is 5.32 Å². The molecule has 2 rings (SSSR count). The summed E-state index contributed by atoms with van der Waals surface area (Å²) < 4.78 is 12.9. The number of carbonyl (C=O) groups is 3. The molecule has 1 saturated heterocycles. The highest BCUT2D eigenvalue weighted by Gasteiger charge is 2.29. The number of urea groups is 1. The van der Waals surface area contributed by atoms with E-state index in [0.717, 1.165) is 6.07 Å². The van der Waals surface area contributed by atoms with Crippen molar-refractivity contribution in [1.29, 1.82) is 0 Å². The molecule has 0 aromatic heterocycles. The van der Waals surface area contributed by atoms with Crippen LogP contribution < -0.4 is 16.0 Å². The summed E-state index contributed by atoms with van der Waals surface area (Å²) in [4.78, 5) is 33.6. The Labute approximate surface area is 102 Å². The van der Waals surface area contributed by atoms with Crippen LogP contribution in [0.4, 0.5) is 9.18 Å². The molecule has 6 nitrogen and oxygen atoms in total. The average Bonchev–Trinajstić information content (AvgIpc) is 2.65. The van der Waals surface area contributed by atoms with E-state index in [0.29, 0.717) is 0 Å². The van der Waals surface area contributed by atoms with Crippen molar-refractivity contribution in [2.45, 2.75) is 6.04 Å². The number of imide groups is 1. The molecule has 1 atom stereocenters. The van der Waals surface area contributed by atoms with Crippen LogP contribution in [0.15, 0.2) is 24.3 Å². The fraction of sp³-hybridized carbons (Fsp3) is 0.182. The lowest BCUT2D eigenvalue weighted by Gasteiger charge is -2.09. The first-order chi connectivity index (χ1) is 8.56. The van der Waals surface area contributed by atoms with Crippen molar-refractivity contribution in [3.8, 4) is 0 Å². The van der Waals surface area contributed by atoms with Crippen LogP contribution in [0.1, 0.15) is 10.4 Å². The highest BCUT2D eigenvalue weighted by atomic mass is 19.1. The number of halogens is 1. The van der Waals surface area contributed by atoms with E-state index in [4.69, 9.17) is 0 Å². The largest absolute Gasteiger partial charge is 0.349 e. The van der Waals surface area contributed by atoms with Gasteiger partial charge in [-0.05, 0) is 18.2 Å². The van der Waals surface area contributed by atoms with Gasteiger partial charge in [0.15, 0.2) is 0 Å². The summed E-state index contributed by atoms with van der Waals surface area (Å²) in [6, 6.07) is 3.78. The van der Waals surface area contributed by atoms with Crippen molar-refractivity contribution in [3.05, 3.63) is 35.6 Å². The SMILES string of the molecule is O=C1NC(=O)C(CNC(=O)c2cccc(F)c2)N1. The zero-order chi connectivity index (χ0) is 13.1. The van der Waals surface area contributed by atoms with Crippen molar-refractivity contribution in [2.75, 3.05) is 6.54 Å². The van der Waals surface area contributed by atoms with Crippen LogP contribution in [0.3, 0.4) is 0 Å². The molecule has 0 radical (unpaired) electrons. The van der Waals surface area contributed by atoms with Gasteiger partial charge in [-0.1, -0.05) is 6.07 Å². The Morgan fingerprint density at radius 1 is 1.39 bits per heavy atom. The second-order valence-electron chi connectivity index (χ2n) is 3.74. The van der Waals surface area contributed by atoms with Gasteiger partial charge < -0.3 is 10.6 Å². The maximum Gasteiger partial charge on any atom is 0.322 e. The van der Waals surface area contributed by atoms with Crippen LogP contribution in [-0.2, 0) is 4.79 Å². The first kappa shape index (κ1) is 12.0. The van der Waals surface area contributed by atoms with E-state index in [1.54, 1.807) is 0 Å². The van der Waals surface area contributed by atoms with E-state index in [1.165, 1.54) is 18.2 Å². The van der Waals surface area contributed by atoms with Gasteiger partial charge in [-0.2, -0.15) is 0 Å². The highest BCUT2D eigenvalue weighted by molar-refractivity contribution is 6.04. The summed E-state index contributed by atoms with van der Waals surface area (Å²) in [6.45, 7) is -0.0487. The monoisotopic (exact) mass is 251 g/mol. The van der Waals surface area contributed by atoms with Crippen LogP contribution >= 0.6 is 0 Å². The molecule has 1 aromatic carbocycles. The normalized spacial score (nSPS) is 18.2. The molecule has 18 heavy (non-hydrogen) atoms. The van der Waals surface area contributed by atoms with E-state index in [9.17, 15) is 18.8 Å². The molecule has 7 heteroatoms. The Bertz CT molecular complexity index is 518. The molecule has 4 amide bonds. The van der Waals surface area contributed by atoms with Crippen LogP contribution in [0.25, 0.3) is 0 Å². The fourth-order valence-electron chi connectivity index (χ4n) is 1.53. The zero-order valence-electron chi connectivity index (χ0n) is 9.20. The minimum absolute atomic E-state index is 0.0487. The number of carbonyl (C=O) groups excluding carboxylic acids is 3. The van der Waals surface area contributed by atoms with Gasteiger partial charge in [0.1, 0.15) is 11.9 Å². The van der Waals surface area contributed by atoms with Gasteiger partial charge in [0.2, 0.25) is 0 Å². The Morgan fingerprint density at radius 3 is 2.78 bits per heavy atom. The van der Waals surface area contributed by atoms with Gasteiger partial charge in [0, 0.05) is 12.1 Å². The molecular weight excluding hydrogens is 241 g/mol. The average molecular weight is 251 g/mol. The van der Waals surface area contributed by atoms with Crippen LogP contribution in [-0.4, -0.2) is 30.4 Å². The van der Waals surface area contributed by atoms with Gasteiger partial charge in [-0.3, -0.25) is 14.9 Å². The molecule has 1 unspecified atom stereocenters. The Morgan fingerprint density at radius 2 is 2.17 bits per heavy atom. The quantitative estimate of drug-likeness (QED) is 0.648. The summed E-state index contributed by atoms with van der Waals surface area (Å²) in [5, 5.41) is 6.81. The van der Waals surface area contributed by atoms with Crippen molar-refractivity contribution >= 4 is 17.8 Å². The van der Waals surface area contributed by atoms with E-state index >= 15 is 0 Å². The number of benzene rings is 1. The summed E-state index contributed by atoms with van der Waals surface area (Å²) in [7, 11) is 0. The van der Waals surface area contributed by atoms with Crippen LogP contribution in [0.5, 0.6) is 0 Å². The molecule has 0 aliphatic carbocycles. The van der Waals surface area contributed by atoms with Crippen molar-refractivity contribution < 1.29 is 18.8 Å². The van der Waals surface area contributed by atoms with Gasteiger partial charge in [-0.15, -0.1) is 0 Å². The minimum Gasteiger partial charge on any atom is -0.349 e. The smallest absolute Gasteiger partial charge is 0.322 e. The first-order valence-electron chi connectivity index (χ1n) is 5.21. The number of amides is 4. The second kappa shape index (κ2) is 4.82. The molecule has 1 aromatic rings. The predicted molar refractivity (Wildman–Crippen MR) is 59.2 cm³/mol. The predicted octanol–water partition coefficient (Wildman–Crippen LogP) is -0.237. The molecule has 94 valence electrons. The third-order valence-electron chi connectivity index (χ3n) is 2.41. The number of rotatable bonds is 3. The third kappa shape index (κ3) is 2.62. The van der Waals surface area contributed by atoms with Gasteiger partial charge >= 0.3 is 6.03 Å². The summed E-state index contributed by atoms with van der Waals surface area (Å²) >= 11 is 0. The lowest BCUT2D eigenvalue weighted by atomic mass is 10.2. The standard InChI is InChI=1S/C11H10FN3O3/c12-7-3-1-2-6(4-7)9(16)13-5-8-10(17)15-11(18)14-8/h1-4,8H,5H2,(H,13,16)(H2,14,15,17,18). The molecule has 1 heterocycles. The van der Waals surface area contributed by atoms with E-state index in [2.05, 4.69) is 10.6 Å². The molecule has 1 fully saturated rings. The van der Waals surface area contributed by atoms with Gasteiger partial charge in [-0.25, -0.2) is 9.18 Å². The summed E-state index contributed by atoms with van der Waals surface area (Å²) in [6.07, 6.45) is 0. The second-order valence-corrected chi connectivity index (χ2v) is 3.74. The number of hydrogen-bond acceptors (Lipinski definition) is 3. The first-order valence-corrected chi connectivity index (χ1v) is 5.21. The molecule has 0 bridgehead atoms. The lowest BCUT2D eigenvalue weighted by Crippen LogP contribution is -2.41. The lowest BCUT2D eigenvalue weighted by molar-refractivity contribution is -0.120. The molecule has 1 aliphatic rings. The topological polar surface area (TPSA) is 87.3 Å². The van der Waals surface area contributed by atoms with Gasteiger partial charge in [0.05, 0.1) is 0 Å². The number of nitrogens with one attached hydrogen (secondary N) is 3. The maximum absolute atomic E-state index is 12.9. The Kier molecular flexibility index (Phi) is 3.22. The van der Waals surface area contributed by atoms with Gasteiger partial charge in [0.25, 0.3) is 11.8 Å². The van der Waals surface area contributed by atoms with E-state index < -0.39 is 29.7 Å². The number of hydrogen-bond donors (Lipinski definition) is 3. The van der Waals surface area contributed by atoms with Crippen molar-refractivity contribution in [2.24, 2.45) is 0 Å². The zero-order valence-corrected chi connectivity index (χ0v) is 9.20. The third-order valence-corrected chi connectivity index (χ3v) is 2.41. The Balaban J connectivity index is 1.93. The molecule has 0 saturated carbocycles. The highest BCUT2D eigenvalue weighted by Crippen LogP contribution is 2.03. The van der Waals surface area contributed by atoms with Crippen LogP contribution in [0.2, 0.25) is 0 Å². The maximum atomic E-state index is 12.9. The Hall–Kier alpha value is -2.44. The molecular formula is C11H10FN3O3. The molecule has 1 aliphatic heterocycles. The van der Waals surface area contributed by atoms with Crippen molar-refractivity contribution in [1.82, 2.24) is 16.0 Å². The van der Waals surface area contributed by atoms with E-state index in [-0.39, 0.29) is 12.1 Å². The molecule has 0 spiro atoms. The van der Waals surface area contributed by atoms with Crippen molar-refractivity contribution in [3.63, 3.8) is 0 Å². The molecule has 3 N–H and O–H groups in total. The minimum atomic E-state index is -0.796. The fourth-order valence-corrected chi connectivity index (χ4v) is 1.53. The summed E-state index contributed by atoms with van der Waals surface area (Å²) in [5.74, 6) is -1.53. The van der Waals surface area contributed by atoms with Crippen LogP contribution in [0, 0.1) is 5.82 Å². The summed E-state index contributed by atoms with van der Waals surface area (Å²) in [5.41, 5.74) is 0.153.